The Morgan fingerprint density at radius 3 is 2.53 bits per heavy atom. The molecule has 112 valence electrons. The minimum absolute atomic E-state index is 0.117. The van der Waals surface area contributed by atoms with Crippen LogP contribution >= 0.6 is 11.8 Å². The Bertz CT molecular complexity index is 294. The van der Waals surface area contributed by atoms with Crippen molar-refractivity contribution in [2.75, 3.05) is 18.9 Å². The van der Waals surface area contributed by atoms with Crippen LogP contribution in [0, 0.1) is 5.92 Å². The molecule has 0 saturated heterocycles. The standard InChI is InChI=1S/C14H27NO3S/c1-5-15-14(12-7-8-12,13(17)18-6-2)9-19-11(4)10(3)16/h10-12,15-16H,5-9H2,1-4H3. The van der Waals surface area contributed by atoms with Crippen molar-refractivity contribution in [1.82, 2.24) is 5.32 Å². The summed E-state index contributed by atoms with van der Waals surface area (Å²) in [6, 6.07) is 0. The van der Waals surface area contributed by atoms with E-state index in [0.29, 0.717) is 18.3 Å². The van der Waals surface area contributed by atoms with Gasteiger partial charge < -0.3 is 15.2 Å². The lowest BCUT2D eigenvalue weighted by molar-refractivity contribution is -0.151. The molecule has 1 fully saturated rings. The maximum absolute atomic E-state index is 12.4. The van der Waals surface area contributed by atoms with Crippen molar-refractivity contribution in [2.45, 2.75) is 57.4 Å². The Hall–Kier alpha value is -0.260. The first-order valence-corrected chi connectivity index (χ1v) is 8.24. The number of ether oxygens (including phenoxy) is 1. The van der Waals surface area contributed by atoms with Gasteiger partial charge in [-0.15, -0.1) is 0 Å². The SMILES string of the molecule is CCNC(CSC(C)C(C)O)(C(=O)OCC)C1CC1. The number of rotatable bonds is 9. The van der Waals surface area contributed by atoms with Gasteiger partial charge in [0.25, 0.3) is 0 Å². The van der Waals surface area contributed by atoms with Crippen LogP contribution in [-0.4, -0.2) is 46.9 Å². The van der Waals surface area contributed by atoms with Crippen molar-refractivity contribution in [1.29, 1.82) is 0 Å². The van der Waals surface area contributed by atoms with Gasteiger partial charge in [-0.05, 0) is 39.2 Å². The molecule has 0 aromatic carbocycles. The van der Waals surface area contributed by atoms with Gasteiger partial charge in [0.2, 0.25) is 0 Å². The summed E-state index contributed by atoms with van der Waals surface area (Å²) < 4.78 is 5.28. The number of thioether (sulfide) groups is 1. The number of likely N-dealkylation sites (N-methyl/N-ethyl adjacent to an activating group) is 1. The van der Waals surface area contributed by atoms with E-state index in [2.05, 4.69) is 5.32 Å². The lowest BCUT2D eigenvalue weighted by Crippen LogP contribution is -2.57. The van der Waals surface area contributed by atoms with E-state index in [-0.39, 0.29) is 17.3 Å². The van der Waals surface area contributed by atoms with E-state index in [9.17, 15) is 9.90 Å². The molecule has 1 aliphatic rings. The monoisotopic (exact) mass is 289 g/mol. The van der Waals surface area contributed by atoms with Crippen molar-refractivity contribution in [3.63, 3.8) is 0 Å². The average molecular weight is 289 g/mol. The second-order valence-electron chi connectivity index (χ2n) is 5.25. The smallest absolute Gasteiger partial charge is 0.327 e. The van der Waals surface area contributed by atoms with Gasteiger partial charge in [0.15, 0.2) is 0 Å². The van der Waals surface area contributed by atoms with E-state index in [0.717, 1.165) is 19.4 Å². The first kappa shape index (κ1) is 16.8. The van der Waals surface area contributed by atoms with Gasteiger partial charge in [-0.25, -0.2) is 0 Å². The lowest BCUT2D eigenvalue weighted by Gasteiger charge is -2.33. The Kier molecular flexibility index (Phi) is 6.63. The maximum Gasteiger partial charge on any atom is 0.327 e. The van der Waals surface area contributed by atoms with Gasteiger partial charge in [-0.2, -0.15) is 11.8 Å². The van der Waals surface area contributed by atoms with E-state index < -0.39 is 5.54 Å². The zero-order valence-corrected chi connectivity index (χ0v) is 13.3. The van der Waals surface area contributed by atoms with Crippen LogP contribution in [0.5, 0.6) is 0 Å². The van der Waals surface area contributed by atoms with E-state index in [1.54, 1.807) is 18.7 Å². The molecular weight excluding hydrogens is 262 g/mol. The predicted octanol–water partition coefficient (Wildman–Crippen LogP) is 1.81. The third kappa shape index (κ3) is 4.36. The Morgan fingerprint density at radius 2 is 2.11 bits per heavy atom. The number of aliphatic hydroxyl groups excluding tert-OH is 1. The molecule has 2 N–H and O–H groups in total. The van der Waals surface area contributed by atoms with Crippen LogP contribution in [0.3, 0.4) is 0 Å². The second-order valence-corrected chi connectivity index (χ2v) is 6.62. The molecule has 3 atom stereocenters. The summed E-state index contributed by atoms with van der Waals surface area (Å²) in [5.74, 6) is 0.904. The van der Waals surface area contributed by atoms with Crippen LogP contribution < -0.4 is 5.32 Å². The van der Waals surface area contributed by atoms with Crippen molar-refractivity contribution in [2.24, 2.45) is 5.92 Å². The zero-order valence-electron chi connectivity index (χ0n) is 12.4. The van der Waals surface area contributed by atoms with Gasteiger partial charge in [0, 0.05) is 11.0 Å². The highest BCUT2D eigenvalue weighted by Crippen LogP contribution is 2.42. The summed E-state index contributed by atoms with van der Waals surface area (Å²) in [6.07, 6.45) is 1.79. The summed E-state index contributed by atoms with van der Waals surface area (Å²) in [7, 11) is 0. The van der Waals surface area contributed by atoms with Gasteiger partial charge in [0.1, 0.15) is 5.54 Å². The van der Waals surface area contributed by atoms with Crippen LogP contribution in [0.15, 0.2) is 0 Å². The van der Waals surface area contributed by atoms with Crippen LogP contribution in [0.1, 0.15) is 40.5 Å². The molecule has 1 aliphatic carbocycles. The normalized spacial score (nSPS) is 21.5. The average Bonchev–Trinajstić information content (AvgIpc) is 3.18. The van der Waals surface area contributed by atoms with E-state index in [4.69, 9.17) is 4.74 Å². The summed E-state index contributed by atoms with van der Waals surface area (Å²) in [6.45, 7) is 8.79. The quantitative estimate of drug-likeness (QED) is 0.634. The minimum atomic E-state index is -0.571. The fraction of sp³-hybridized carbons (Fsp3) is 0.929. The molecule has 0 spiro atoms. The minimum Gasteiger partial charge on any atom is -0.465 e. The Morgan fingerprint density at radius 1 is 1.47 bits per heavy atom. The van der Waals surface area contributed by atoms with Gasteiger partial charge in [0.05, 0.1) is 12.7 Å². The van der Waals surface area contributed by atoms with Crippen LogP contribution in [-0.2, 0) is 9.53 Å². The van der Waals surface area contributed by atoms with Crippen LogP contribution in [0.2, 0.25) is 0 Å². The number of esters is 1. The van der Waals surface area contributed by atoms with Crippen molar-refractivity contribution in [3.8, 4) is 0 Å². The largest absolute Gasteiger partial charge is 0.465 e. The zero-order chi connectivity index (χ0) is 14.5. The van der Waals surface area contributed by atoms with Gasteiger partial charge in [-0.3, -0.25) is 4.79 Å². The number of carbonyl (C=O) groups is 1. The third-order valence-corrected chi connectivity index (χ3v) is 5.20. The van der Waals surface area contributed by atoms with Crippen LogP contribution in [0.25, 0.3) is 0 Å². The Labute approximate surface area is 120 Å². The first-order chi connectivity index (χ1) is 8.97. The highest BCUT2D eigenvalue weighted by Gasteiger charge is 2.51. The molecule has 0 heterocycles. The van der Waals surface area contributed by atoms with E-state index in [1.165, 1.54) is 0 Å². The highest BCUT2D eigenvalue weighted by atomic mass is 32.2. The number of nitrogens with one attached hydrogen (secondary N) is 1. The molecule has 19 heavy (non-hydrogen) atoms. The van der Waals surface area contributed by atoms with Gasteiger partial charge >= 0.3 is 5.97 Å². The van der Waals surface area contributed by atoms with E-state index >= 15 is 0 Å². The molecule has 5 heteroatoms. The fourth-order valence-corrected chi connectivity index (χ4v) is 3.42. The van der Waals surface area contributed by atoms with Crippen molar-refractivity contribution >= 4 is 17.7 Å². The molecule has 4 nitrogen and oxygen atoms in total. The first-order valence-electron chi connectivity index (χ1n) is 7.19. The van der Waals surface area contributed by atoms with Crippen LogP contribution in [0.4, 0.5) is 0 Å². The molecule has 0 aliphatic heterocycles. The molecule has 1 rings (SSSR count). The molecule has 0 aromatic heterocycles. The maximum atomic E-state index is 12.4. The summed E-state index contributed by atoms with van der Waals surface area (Å²) >= 11 is 1.64. The number of hydrogen-bond acceptors (Lipinski definition) is 5. The summed E-state index contributed by atoms with van der Waals surface area (Å²) in [4.78, 5) is 12.4. The van der Waals surface area contributed by atoms with Crippen molar-refractivity contribution < 1.29 is 14.6 Å². The molecular formula is C14H27NO3S. The number of aliphatic hydroxyl groups is 1. The van der Waals surface area contributed by atoms with E-state index in [1.807, 2.05) is 20.8 Å². The molecule has 0 aromatic rings. The lowest BCUT2D eigenvalue weighted by atomic mass is 9.95. The molecule has 0 bridgehead atoms. The van der Waals surface area contributed by atoms with Crippen molar-refractivity contribution in [3.05, 3.63) is 0 Å². The fourth-order valence-electron chi connectivity index (χ4n) is 2.16. The topological polar surface area (TPSA) is 58.6 Å². The molecule has 0 radical (unpaired) electrons. The third-order valence-electron chi connectivity index (χ3n) is 3.66. The Balaban J connectivity index is 2.75. The van der Waals surface area contributed by atoms with Gasteiger partial charge in [-0.1, -0.05) is 13.8 Å². The molecule has 1 saturated carbocycles. The molecule has 3 unspecified atom stereocenters. The number of carbonyl (C=O) groups excluding carboxylic acids is 1. The summed E-state index contributed by atoms with van der Waals surface area (Å²) in [5.41, 5.74) is -0.571. The second kappa shape index (κ2) is 7.50. The molecule has 0 amide bonds. The number of hydrogen-bond donors (Lipinski definition) is 2. The highest BCUT2D eigenvalue weighted by molar-refractivity contribution is 8.00. The predicted molar refractivity (Wildman–Crippen MR) is 79.4 cm³/mol. The summed E-state index contributed by atoms with van der Waals surface area (Å²) in [5, 5.41) is 13.1.